The molecule has 1 aromatic heterocycles. The topological polar surface area (TPSA) is 84.5 Å². The summed E-state index contributed by atoms with van der Waals surface area (Å²) >= 11 is 0. The van der Waals surface area contributed by atoms with Gasteiger partial charge in [-0.25, -0.2) is 9.59 Å². The van der Waals surface area contributed by atoms with Crippen molar-refractivity contribution >= 4 is 23.0 Å². The van der Waals surface area contributed by atoms with E-state index in [1.54, 1.807) is 36.2 Å². The maximum absolute atomic E-state index is 12.5. The van der Waals surface area contributed by atoms with E-state index >= 15 is 0 Å². The van der Waals surface area contributed by atoms with Gasteiger partial charge >= 0.3 is 11.8 Å². The summed E-state index contributed by atoms with van der Waals surface area (Å²) in [6.07, 6.45) is -1.30. The second kappa shape index (κ2) is 6.87. The fourth-order valence-corrected chi connectivity index (χ4v) is 2.86. The van der Waals surface area contributed by atoms with Crippen molar-refractivity contribution in [3.05, 3.63) is 70.1 Å². The highest BCUT2D eigenvalue weighted by atomic mass is 16.4. The first-order valence-electron chi connectivity index (χ1n) is 8.11. The van der Waals surface area contributed by atoms with Gasteiger partial charge in [0.05, 0.1) is 17.6 Å². The van der Waals surface area contributed by atoms with Gasteiger partial charge in [-0.3, -0.25) is 9.36 Å². The van der Waals surface area contributed by atoms with Gasteiger partial charge in [0.1, 0.15) is 0 Å². The average molecular weight is 353 g/mol. The van der Waals surface area contributed by atoms with Gasteiger partial charge in [-0.2, -0.15) is 4.57 Å². The van der Waals surface area contributed by atoms with Crippen molar-refractivity contribution in [3.8, 4) is 0 Å². The summed E-state index contributed by atoms with van der Waals surface area (Å²) in [4.78, 5) is 36.9. The fraction of sp³-hybridized carbons (Fsp3) is 0.211. The molecule has 0 aliphatic carbocycles. The Bertz CT molecular complexity index is 1030. The normalized spacial score (nSPS) is 10.8. The molecule has 7 nitrogen and oxygen atoms in total. The lowest BCUT2D eigenvalue weighted by atomic mass is 10.1. The quantitative estimate of drug-likeness (QED) is 0.780. The molecule has 0 radical (unpaired) electrons. The number of benzene rings is 2. The number of hydrogen-bond acceptors (Lipinski definition) is 3. The number of rotatable bonds is 4. The zero-order valence-electron chi connectivity index (χ0n) is 14.5. The van der Waals surface area contributed by atoms with Crippen LogP contribution >= 0.6 is 0 Å². The summed E-state index contributed by atoms with van der Waals surface area (Å²) in [5.41, 5.74) is 2.20. The third kappa shape index (κ3) is 3.23. The van der Waals surface area contributed by atoms with E-state index in [9.17, 15) is 19.5 Å². The van der Waals surface area contributed by atoms with Gasteiger partial charge in [0.15, 0.2) is 0 Å². The highest BCUT2D eigenvalue weighted by molar-refractivity contribution is 5.86. The molecule has 0 aliphatic heterocycles. The minimum atomic E-state index is -1.30. The molecule has 0 bridgehead atoms. The Morgan fingerprint density at radius 1 is 1.00 bits per heavy atom. The standard InChI is InChI=1S/C19H19N3O4/c1-13(23)20(2)11-14-7-9-15(10-8-14)12-21-16-5-3-4-6-17(16)22(18(21)24)19(25)26/h3-10H,11-12H2,1-2H3,(H,25,26). The molecule has 134 valence electrons. The highest BCUT2D eigenvalue weighted by Crippen LogP contribution is 2.15. The molecule has 0 fully saturated rings. The minimum Gasteiger partial charge on any atom is -0.464 e. The molecule has 7 heteroatoms. The summed E-state index contributed by atoms with van der Waals surface area (Å²) in [5.74, 6) is -0.0119. The van der Waals surface area contributed by atoms with Crippen LogP contribution in [0.3, 0.4) is 0 Å². The minimum absolute atomic E-state index is 0.0119. The molecular formula is C19H19N3O4. The Labute approximate surface area is 149 Å². The molecule has 0 saturated heterocycles. The van der Waals surface area contributed by atoms with E-state index < -0.39 is 11.8 Å². The number of carbonyl (C=O) groups is 2. The number of carboxylic acid groups (broad SMARTS) is 1. The van der Waals surface area contributed by atoms with Crippen LogP contribution in [0.4, 0.5) is 4.79 Å². The summed E-state index contributed by atoms with van der Waals surface area (Å²) in [7, 11) is 1.73. The summed E-state index contributed by atoms with van der Waals surface area (Å²) in [6, 6.07) is 14.4. The van der Waals surface area contributed by atoms with Crippen molar-refractivity contribution in [1.82, 2.24) is 14.0 Å². The van der Waals surface area contributed by atoms with Crippen molar-refractivity contribution in [1.29, 1.82) is 0 Å². The summed E-state index contributed by atoms with van der Waals surface area (Å²) in [6.45, 7) is 2.29. The van der Waals surface area contributed by atoms with Gasteiger partial charge in [0.25, 0.3) is 0 Å². The number of hydrogen-bond donors (Lipinski definition) is 1. The molecular weight excluding hydrogens is 334 g/mol. The van der Waals surface area contributed by atoms with E-state index in [4.69, 9.17) is 0 Å². The number of carbonyl (C=O) groups excluding carboxylic acids is 1. The molecule has 0 saturated carbocycles. The summed E-state index contributed by atoms with van der Waals surface area (Å²) < 4.78 is 2.20. The first kappa shape index (κ1) is 17.5. The first-order chi connectivity index (χ1) is 12.4. The molecule has 1 amide bonds. The van der Waals surface area contributed by atoms with Crippen molar-refractivity contribution in [2.75, 3.05) is 7.05 Å². The van der Waals surface area contributed by atoms with Gasteiger partial charge < -0.3 is 10.0 Å². The molecule has 2 aromatic carbocycles. The second-order valence-electron chi connectivity index (χ2n) is 6.17. The molecule has 0 spiro atoms. The lowest BCUT2D eigenvalue weighted by Gasteiger charge is -2.15. The second-order valence-corrected chi connectivity index (χ2v) is 6.17. The third-order valence-electron chi connectivity index (χ3n) is 4.35. The van der Waals surface area contributed by atoms with Crippen LogP contribution in [0.25, 0.3) is 11.0 Å². The van der Waals surface area contributed by atoms with Crippen LogP contribution in [0.1, 0.15) is 18.1 Å². The van der Waals surface area contributed by atoms with Crippen LogP contribution in [-0.2, 0) is 17.9 Å². The van der Waals surface area contributed by atoms with E-state index in [0.29, 0.717) is 17.6 Å². The fourth-order valence-electron chi connectivity index (χ4n) is 2.86. The molecule has 26 heavy (non-hydrogen) atoms. The zero-order chi connectivity index (χ0) is 18.8. The number of aromatic nitrogens is 2. The number of imidazole rings is 1. The van der Waals surface area contributed by atoms with Crippen LogP contribution in [0, 0.1) is 0 Å². The number of para-hydroxylation sites is 2. The molecule has 3 rings (SSSR count). The number of amides is 1. The molecule has 1 N–H and O–H groups in total. The summed E-state index contributed by atoms with van der Waals surface area (Å²) in [5, 5.41) is 9.33. The first-order valence-corrected chi connectivity index (χ1v) is 8.11. The Balaban J connectivity index is 1.92. The average Bonchev–Trinajstić information content (AvgIpc) is 2.88. The predicted molar refractivity (Wildman–Crippen MR) is 97.3 cm³/mol. The Morgan fingerprint density at radius 3 is 2.15 bits per heavy atom. The number of fused-ring (bicyclic) bond motifs is 1. The Hall–Kier alpha value is -3.35. The van der Waals surface area contributed by atoms with E-state index in [2.05, 4.69) is 0 Å². The lowest BCUT2D eigenvalue weighted by molar-refractivity contribution is -0.128. The maximum atomic E-state index is 12.5. The van der Waals surface area contributed by atoms with Crippen LogP contribution in [0.2, 0.25) is 0 Å². The van der Waals surface area contributed by atoms with Crippen molar-refractivity contribution in [2.45, 2.75) is 20.0 Å². The molecule has 1 heterocycles. The Morgan fingerprint density at radius 2 is 1.58 bits per heavy atom. The largest absolute Gasteiger partial charge is 0.464 e. The molecule has 0 aliphatic rings. The lowest BCUT2D eigenvalue weighted by Crippen LogP contribution is -2.28. The maximum Gasteiger partial charge on any atom is 0.420 e. The van der Waals surface area contributed by atoms with E-state index in [1.807, 2.05) is 24.3 Å². The van der Waals surface area contributed by atoms with Gasteiger partial charge in [-0.15, -0.1) is 0 Å². The van der Waals surface area contributed by atoms with Crippen LogP contribution in [0.5, 0.6) is 0 Å². The van der Waals surface area contributed by atoms with Crippen LogP contribution < -0.4 is 5.69 Å². The van der Waals surface area contributed by atoms with Crippen LogP contribution in [-0.4, -0.2) is 38.2 Å². The zero-order valence-corrected chi connectivity index (χ0v) is 14.5. The van der Waals surface area contributed by atoms with E-state index in [0.717, 1.165) is 15.7 Å². The molecule has 0 unspecified atom stereocenters. The van der Waals surface area contributed by atoms with Crippen molar-refractivity contribution in [2.24, 2.45) is 0 Å². The van der Waals surface area contributed by atoms with E-state index in [-0.39, 0.29) is 12.5 Å². The predicted octanol–water partition coefficient (Wildman–Crippen LogP) is 2.36. The molecule has 3 aromatic rings. The Kier molecular flexibility index (Phi) is 4.62. The van der Waals surface area contributed by atoms with E-state index in [1.165, 1.54) is 11.5 Å². The van der Waals surface area contributed by atoms with Gasteiger partial charge in [-0.1, -0.05) is 36.4 Å². The van der Waals surface area contributed by atoms with Gasteiger partial charge in [-0.05, 0) is 23.3 Å². The van der Waals surface area contributed by atoms with Crippen molar-refractivity contribution in [3.63, 3.8) is 0 Å². The van der Waals surface area contributed by atoms with Crippen LogP contribution in [0.15, 0.2) is 53.3 Å². The third-order valence-corrected chi connectivity index (χ3v) is 4.35. The highest BCUT2D eigenvalue weighted by Gasteiger charge is 2.17. The smallest absolute Gasteiger partial charge is 0.420 e. The monoisotopic (exact) mass is 353 g/mol. The number of nitrogens with zero attached hydrogens (tertiary/aromatic N) is 3. The van der Waals surface area contributed by atoms with Gasteiger partial charge in [0.2, 0.25) is 5.91 Å². The van der Waals surface area contributed by atoms with Crippen molar-refractivity contribution < 1.29 is 14.7 Å². The van der Waals surface area contributed by atoms with Gasteiger partial charge in [0, 0.05) is 20.5 Å². The SMILES string of the molecule is CC(=O)N(C)Cc1ccc(Cn2c(=O)n(C(=O)O)c3ccccc32)cc1. The molecule has 0 atom stereocenters.